The van der Waals surface area contributed by atoms with E-state index in [9.17, 15) is 13.6 Å². The van der Waals surface area contributed by atoms with E-state index in [-0.39, 0.29) is 18.2 Å². The van der Waals surface area contributed by atoms with Crippen molar-refractivity contribution in [1.82, 2.24) is 9.55 Å². The van der Waals surface area contributed by atoms with Crippen LogP contribution in [0.4, 0.5) is 14.6 Å². The molecule has 3 rings (SSSR count). The lowest BCUT2D eigenvalue weighted by molar-refractivity contribution is 0.290. The first-order chi connectivity index (χ1) is 10.0. The van der Waals surface area contributed by atoms with Crippen molar-refractivity contribution in [2.75, 3.05) is 18.5 Å². The number of benzene rings is 1. The van der Waals surface area contributed by atoms with Gasteiger partial charge in [0.15, 0.2) is 11.6 Å². The second-order valence-electron chi connectivity index (χ2n) is 4.85. The number of fused-ring (bicyclic) bond motifs is 1. The zero-order valence-corrected chi connectivity index (χ0v) is 11.3. The van der Waals surface area contributed by atoms with Crippen molar-refractivity contribution in [3.63, 3.8) is 0 Å². The summed E-state index contributed by atoms with van der Waals surface area (Å²) in [6.07, 6.45) is 0. The predicted octanol–water partition coefficient (Wildman–Crippen LogP) is 1.55. The molecule has 1 aromatic heterocycles. The quantitative estimate of drug-likeness (QED) is 0.861. The minimum atomic E-state index is -0.933. The van der Waals surface area contributed by atoms with Gasteiger partial charge in [0, 0.05) is 26.2 Å². The summed E-state index contributed by atoms with van der Waals surface area (Å²) in [5, 5.41) is 0. The normalized spacial score (nSPS) is 13.4. The number of likely N-dealkylation sites (N-methyl/N-ethyl adjacent to an activating group) is 1. The molecule has 0 bridgehead atoms. The number of halogens is 2. The number of hydrogen-bond donors (Lipinski definition) is 0. The highest BCUT2D eigenvalue weighted by Crippen LogP contribution is 2.21. The molecule has 0 aliphatic carbocycles. The summed E-state index contributed by atoms with van der Waals surface area (Å²) in [4.78, 5) is 17.6. The molecule has 1 aliphatic rings. The second-order valence-corrected chi connectivity index (χ2v) is 4.85. The molecule has 0 radical (unpaired) electrons. The van der Waals surface area contributed by atoms with Gasteiger partial charge in [0.05, 0.1) is 0 Å². The highest BCUT2D eigenvalue weighted by Gasteiger charge is 2.18. The Morgan fingerprint density at radius 3 is 2.81 bits per heavy atom. The summed E-state index contributed by atoms with van der Waals surface area (Å²) >= 11 is 0. The van der Waals surface area contributed by atoms with E-state index in [0.717, 1.165) is 24.5 Å². The SMILES string of the molecule is CN1CCn2c1cc(OCc1ccc(F)c(F)c1)nc2=O. The van der Waals surface area contributed by atoms with Gasteiger partial charge in [-0.15, -0.1) is 0 Å². The summed E-state index contributed by atoms with van der Waals surface area (Å²) in [5.74, 6) is -0.938. The lowest BCUT2D eigenvalue weighted by Gasteiger charge is -2.12. The number of nitrogens with zero attached hydrogens (tertiary/aromatic N) is 3. The van der Waals surface area contributed by atoms with E-state index in [1.54, 1.807) is 10.6 Å². The Bertz CT molecular complexity index is 745. The van der Waals surface area contributed by atoms with Crippen molar-refractivity contribution in [3.05, 3.63) is 51.9 Å². The molecule has 2 aromatic rings. The Morgan fingerprint density at radius 1 is 1.24 bits per heavy atom. The van der Waals surface area contributed by atoms with E-state index in [1.807, 2.05) is 11.9 Å². The number of hydrogen-bond acceptors (Lipinski definition) is 4. The average Bonchev–Trinajstić information content (AvgIpc) is 2.83. The lowest BCUT2D eigenvalue weighted by atomic mass is 10.2. The molecule has 0 fully saturated rings. The molecule has 0 N–H and O–H groups in total. The number of aromatic nitrogens is 2. The van der Waals surface area contributed by atoms with Crippen molar-refractivity contribution in [2.45, 2.75) is 13.2 Å². The Kier molecular flexibility index (Phi) is 3.32. The summed E-state index contributed by atoms with van der Waals surface area (Å²) < 4.78 is 32.9. The Morgan fingerprint density at radius 2 is 2.05 bits per heavy atom. The Balaban J connectivity index is 1.79. The van der Waals surface area contributed by atoms with Crippen molar-refractivity contribution < 1.29 is 13.5 Å². The van der Waals surface area contributed by atoms with Crippen LogP contribution < -0.4 is 15.3 Å². The van der Waals surface area contributed by atoms with Gasteiger partial charge in [-0.3, -0.25) is 4.57 Å². The summed E-state index contributed by atoms with van der Waals surface area (Å²) in [7, 11) is 1.87. The van der Waals surface area contributed by atoms with Crippen molar-refractivity contribution >= 4 is 5.82 Å². The van der Waals surface area contributed by atoms with Crippen LogP contribution in [0.15, 0.2) is 29.1 Å². The van der Waals surface area contributed by atoms with Crippen LogP contribution in [0.5, 0.6) is 5.88 Å². The molecule has 0 unspecified atom stereocenters. The van der Waals surface area contributed by atoms with Gasteiger partial charge >= 0.3 is 5.69 Å². The van der Waals surface area contributed by atoms with Gasteiger partial charge in [-0.2, -0.15) is 4.98 Å². The third-order valence-corrected chi connectivity index (χ3v) is 3.39. The zero-order valence-electron chi connectivity index (χ0n) is 11.3. The summed E-state index contributed by atoms with van der Waals surface area (Å²) in [6, 6.07) is 5.17. The predicted molar refractivity (Wildman–Crippen MR) is 72.5 cm³/mol. The molecule has 0 saturated carbocycles. The van der Waals surface area contributed by atoms with Crippen LogP contribution in [0.25, 0.3) is 0 Å². The Hall–Kier alpha value is -2.44. The minimum Gasteiger partial charge on any atom is -0.473 e. The van der Waals surface area contributed by atoms with E-state index in [2.05, 4.69) is 4.98 Å². The van der Waals surface area contributed by atoms with Crippen LogP contribution in [0.3, 0.4) is 0 Å². The maximum absolute atomic E-state index is 13.1. The standard InChI is InChI=1S/C14H13F2N3O2/c1-18-4-5-19-13(18)7-12(17-14(19)20)21-8-9-2-3-10(15)11(16)6-9/h2-3,6-7H,4-5,8H2,1H3. The van der Waals surface area contributed by atoms with Crippen LogP contribution in [0.2, 0.25) is 0 Å². The third kappa shape index (κ3) is 2.58. The molecule has 0 saturated heterocycles. The number of rotatable bonds is 3. The molecule has 2 heterocycles. The molecule has 1 aromatic carbocycles. The fourth-order valence-corrected chi connectivity index (χ4v) is 2.22. The van der Waals surface area contributed by atoms with Crippen molar-refractivity contribution in [3.8, 4) is 5.88 Å². The number of ether oxygens (including phenoxy) is 1. The van der Waals surface area contributed by atoms with Gasteiger partial charge < -0.3 is 9.64 Å². The average molecular weight is 293 g/mol. The van der Waals surface area contributed by atoms with Gasteiger partial charge in [-0.1, -0.05) is 6.07 Å². The van der Waals surface area contributed by atoms with Crippen LogP contribution in [-0.4, -0.2) is 23.1 Å². The Labute approximate surface area is 119 Å². The van der Waals surface area contributed by atoms with Gasteiger partial charge in [0.25, 0.3) is 0 Å². The third-order valence-electron chi connectivity index (χ3n) is 3.39. The van der Waals surface area contributed by atoms with E-state index in [1.165, 1.54) is 6.07 Å². The minimum absolute atomic E-state index is 0.0107. The maximum atomic E-state index is 13.1. The van der Waals surface area contributed by atoms with Gasteiger partial charge in [0.2, 0.25) is 5.88 Å². The first-order valence-corrected chi connectivity index (χ1v) is 6.44. The summed E-state index contributed by atoms with van der Waals surface area (Å²) in [6.45, 7) is 1.35. The van der Waals surface area contributed by atoms with Crippen LogP contribution in [0.1, 0.15) is 5.56 Å². The van der Waals surface area contributed by atoms with Crippen molar-refractivity contribution in [2.24, 2.45) is 0 Å². The molecule has 110 valence electrons. The highest BCUT2D eigenvalue weighted by molar-refractivity contribution is 5.44. The fourth-order valence-electron chi connectivity index (χ4n) is 2.22. The number of anilines is 1. The highest BCUT2D eigenvalue weighted by atomic mass is 19.2. The molecular weight excluding hydrogens is 280 g/mol. The summed E-state index contributed by atoms with van der Waals surface area (Å²) in [5.41, 5.74) is 0.0850. The molecule has 21 heavy (non-hydrogen) atoms. The van der Waals surface area contributed by atoms with Crippen LogP contribution in [0, 0.1) is 11.6 Å². The van der Waals surface area contributed by atoms with Gasteiger partial charge in [-0.25, -0.2) is 13.6 Å². The molecule has 0 spiro atoms. The molecule has 0 amide bonds. The first-order valence-electron chi connectivity index (χ1n) is 6.44. The van der Waals surface area contributed by atoms with Crippen LogP contribution in [-0.2, 0) is 13.2 Å². The molecular formula is C14H13F2N3O2. The molecule has 7 heteroatoms. The fraction of sp³-hybridized carbons (Fsp3) is 0.286. The zero-order chi connectivity index (χ0) is 15.0. The molecule has 5 nitrogen and oxygen atoms in total. The smallest absolute Gasteiger partial charge is 0.352 e. The monoisotopic (exact) mass is 293 g/mol. The molecule has 1 aliphatic heterocycles. The van der Waals surface area contributed by atoms with Gasteiger partial charge in [0.1, 0.15) is 12.4 Å². The van der Waals surface area contributed by atoms with E-state index >= 15 is 0 Å². The van der Waals surface area contributed by atoms with E-state index in [0.29, 0.717) is 12.1 Å². The maximum Gasteiger partial charge on any atom is 0.352 e. The topological polar surface area (TPSA) is 47.4 Å². The van der Waals surface area contributed by atoms with Crippen LogP contribution >= 0.6 is 0 Å². The second kappa shape index (κ2) is 5.16. The van der Waals surface area contributed by atoms with E-state index < -0.39 is 11.6 Å². The van der Waals surface area contributed by atoms with Gasteiger partial charge in [-0.05, 0) is 17.7 Å². The van der Waals surface area contributed by atoms with E-state index in [4.69, 9.17) is 4.74 Å². The van der Waals surface area contributed by atoms with Crippen molar-refractivity contribution in [1.29, 1.82) is 0 Å². The largest absolute Gasteiger partial charge is 0.473 e. The molecule has 0 atom stereocenters. The lowest BCUT2D eigenvalue weighted by Crippen LogP contribution is -2.22. The first kappa shape index (κ1) is 13.5.